The van der Waals surface area contributed by atoms with Crippen LogP contribution in [0.5, 0.6) is 23.0 Å². The zero-order valence-electron chi connectivity index (χ0n) is 12.1. The number of allylic oxidation sites excluding steroid dienone is 1. The summed E-state index contributed by atoms with van der Waals surface area (Å²) in [4.78, 5) is 22.7. The highest BCUT2D eigenvalue weighted by atomic mass is 16.6. The highest BCUT2D eigenvalue weighted by molar-refractivity contribution is 6.18. The Morgan fingerprint density at radius 1 is 1.04 bits per heavy atom. The van der Waals surface area contributed by atoms with Crippen LogP contribution in [0.3, 0.4) is 0 Å². The smallest absolute Gasteiger partial charge is 0.326 e. The van der Waals surface area contributed by atoms with Gasteiger partial charge in [0.1, 0.15) is 5.56 Å². The van der Waals surface area contributed by atoms with Gasteiger partial charge in [0.05, 0.1) is 4.92 Å². The van der Waals surface area contributed by atoms with E-state index in [1.54, 1.807) is 0 Å². The second-order valence-electron chi connectivity index (χ2n) is 5.31. The van der Waals surface area contributed by atoms with E-state index in [1.165, 1.54) is 24.3 Å². The molecule has 0 spiro atoms. The molecule has 24 heavy (non-hydrogen) atoms. The number of Topliss-reactive ketones (excluding diaryl/α,β-unsaturated/α-hetero) is 1. The topological polar surface area (TPSA) is 141 Å². The number of hydrogen-bond donors (Lipinski definition) is 4. The predicted molar refractivity (Wildman–Crippen MR) is 82.2 cm³/mol. The quantitative estimate of drug-likeness (QED) is 0.286. The minimum absolute atomic E-state index is 0.0322. The molecule has 2 aromatic rings. The van der Waals surface area contributed by atoms with Crippen molar-refractivity contribution in [2.45, 2.75) is 6.42 Å². The molecule has 0 aromatic heterocycles. The summed E-state index contributed by atoms with van der Waals surface area (Å²) in [6.45, 7) is 0. The molecule has 0 aliphatic heterocycles. The first-order chi connectivity index (χ1) is 11.3. The summed E-state index contributed by atoms with van der Waals surface area (Å²) in [6.07, 6.45) is 1.45. The number of phenolic OH excluding ortho intramolecular Hbond substituents is 4. The highest BCUT2D eigenvalue weighted by Crippen LogP contribution is 2.45. The van der Waals surface area contributed by atoms with E-state index >= 15 is 0 Å². The summed E-state index contributed by atoms with van der Waals surface area (Å²) in [5.74, 6) is -2.94. The van der Waals surface area contributed by atoms with Gasteiger partial charge in [-0.3, -0.25) is 14.9 Å². The number of fused-ring (bicyclic) bond motifs is 1. The summed E-state index contributed by atoms with van der Waals surface area (Å²) in [6, 6.07) is 5.06. The molecular weight excluding hydrogens is 318 g/mol. The number of carbonyl (C=O) groups is 1. The lowest BCUT2D eigenvalue weighted by Gasteiger charge is -2.03. The van der Waals surface area contributed by atoms with Gasteiger partial charge in [-0.05, 0) is 35.4 Å². The summed E-state index contributed by atoms with van der Waals surface area (Å²) in [5, 5.41) is 49.2. The lowest BCUT2D eigenvalue weighted by atomic mass is 10.1. The second kappa shape index (κ2) is 5.27. The Kier molecular flexibility index (Phi) is 3.37. The van der Waals surface area contributed by atoms with Crippen LogP contribution in [0.4, 0.5) is 5.69 Å². The first-order valence-corrected chi connectivity index (χ1v) is 6.79. The monoisotopic (exact) mass is 329 g/mol. The van der Waals surface area contributed by atoms with Crippen LogP contribution in [0.25, 0.3) is 6.08 Å². The molecule has 4 N–H and O–H groups in total. The van der Waals surface area contributed by atoms with Crippen LogP contribution in [-0.4, -0.2) is 31.1 Å². The molecule has 122 valence electrons. The molecule has 0 fully saturated rings. The van der Waals surface area contributed by atoms with Crippen molar-refractivity contribution in [2.75, 3.05) is 0 Å². The van der Waals surface area contributed by atoms with E-state index in [1.807, 2.05) is 0 Å². The van der Waals surface area contributed by atoms with Crippen molar-refractivity contribution < 1.29 is 30.1 Å². The van der Waals surface area contributed by atoms with E-state index in [0.717, 1.165) is 6.07 Å². The molecule has 3 rings (SSSR count). The third-order valence-electron chi connectivity index (χ3n) is 3.76. The van der Waals surface area contributed by atoms with Crippen LogP contribution in [-0.2, 0) is 6.42 Å². The third-order valence-corrected chi connectivity index (χ3v) is 3.76. The van der Waals surface area contributed by atoms with E-state index < -0.39 is 27.9 Å². The zero-order valence-corrected chi connectivity index (χ0v) is 12.1. The number of benzene rings is 2. The van der Waals surface area contributed by atoms with Gasteiger partial charge in [0.15, 0.2) is 23.0 Å². The molecule has 0 saturated heterocycles. The maximum absolute atomic E-state index is 12.5. The van der Waals surface area contributed by atoms with E-state index in [2.05, 4.69) is 0 Å². The lowest BCUT2D eigenvalue weighted by Crippen LogP contribution is -2.01. The van der Waals surface area contributed by atoms with Gasteiger partial charge in [0.25, 0.3) is 0 Å². The van der Waals surface area contributed by atoms with Gasteiger partial charge in [-0.2, -0.15) is 0 Å². The summed E-state index contributed by atoms with van der Waals surface area (Å²) in [5.41, 5.74) is -0.242. The van der Waals surface area contributed by atoms with E-state index in [4.69, 9.17) is 0 Å². The predicted octanol–water partition coefficient (Wildman–Crippen LogP) is 2.24. The first-order valence-electron chi connectivity index (χ1n) is 6.79. The molecule has 8 nitrogen and oxygen atoms in total. The average molecular weight is 329 g/mol. The van der Waals surface area contributed by atoms with Crippen LogP contribution < -0.4 is 0 Å². The molecular formula is C16H11NO7. The molecule has 0 unspecified atom stereocenters. The minimum Gasteiger partial charge on any atom is -0.504 e. The van der Waals surface area contributed by atoms with Crippen molar-refractivity contribution >= 4 is 17.5 Å². The van der Waals surface area contributed by atoms with Crippen molar-refractivity contribution in [2.24, 2.45) is 0 Å². The summed E-state index contributed by atoms with van der Waals surface area (Å²) >= 11 is 0. The largest absolute Gasteiger partial charge is 0.504 e. The number of rotatable bonds is 2. The van der Waals surface area contributed by atoms with E-state index in [-0.39, 0.29) is 34.6 Å². The Balaban J connectivity index is 2.11. The summed E-state index contributed by atoms with van der Waals surface area (Å²) in [7, 11) is 0. The molecule has 0 heterocycles. The lowest BCUT2D eigenvalue weighted by molar-refractivity contribution is -0.386. The molecule has 1 aliphatic carbocycles. The number of ketones is 1. The molecule has 0 atom stereocenters. The normalized spacial score (nSPS) is 14.8. The van der Waals surface area contributed by atoms with Gasteiger partial charge in [-0.15, -0.1) is 0 Å². The van der Waals surface area contributed by atoms with Crippen LogP contribution in [0.2, 0.25) is 0 Å². The van der Waals surface area contributed by atoms with Crippen molar-refractivity contribution in [1.29, 1.82) is 0 Å². The molecule has 0 saturated carbocycles. The fourth-order valence-corrected chi connectivity index (χ4v) is 2.66. The Labute approximate surface area is 134 Å². The Bertz CT molecular complexity index is 931. The van der Waals surface area contributed by atoms with Crippen molar-refractivity contribution in [3.63, 3.8) is 0 Å². The zero-order chi connectivity index (χ0) is 17.6. The molecule has 1 aliphatic rings. The standard InChI is InChI=1S/C16H11NO7/c18-10-2-1-7(4-11(10)19)3-9-5-8-6-12(20)16(22)14(17(23)24)13(8)15(9)21/h1-4,6,18-20,22H,5H2. The first kappa shape index (κ1) is 15.3. The van der Waals surface area contributed by atoms with Gasteiger partial charge in [-0.1, -0.05) is 6.07 Å². The van der Waals surface area contributed by atoms with Gasteiger partial charge < -0.3 is 20.4 Å². The van der Waals surface area contributed by atoms with Crippen LogP contribution in [0.15, 0.2) is 29.8 Å². The van der Waals surface area contributed by atoms with Gasteiger partial charge >= 0.3 is 5.69 Å². The number of phenols is 4. The van der Waals surface area contributed by atoms with Crippen molar-refractivity contribution in [3.8, 4) is 23.0 Å². The van der Waals surface area contributed by atoms with Crippen LogP contribution in [0.1, 0.15) is 21.5 Å². The Hall–Kier alpha value is -3.55. The van der Waals surface area contributed by atoms with Crippen LogP contribution >= 0.6 is 0 Å². The molecule has 0 amide bonds. The number of nitro benzene ring substituents is 1. The number of nitro groups is 1. The summed E-state index contributed by atoms with van der Waals surface area (Å²) < 4.78 is 0. The molecule has 8 heteroatoms. The van der Waals surface area contributed by atoms with E-state index in [9.17, 15) is 35.3 Å². The van der Waals surface area contributed by atoms with Crippen molar-refractivity contribution in [3.05, 3.63) is 56.6 Å². The molecule has 2 aromatic carbocycles. The SMILES string of the molecule is O=C1C(=Cc2ccc(O)c(O)c2)Cc2cc(O)c(O)c([N+](=O)[O-])c21. The van der Waals surface area contributed by atoms with Crippen LogP contribution in [0, 0.1) is 10.1 Å². The second-order valence-corrected chi connectivity index (χ2v) is 5.31. The van der Waals surface area contributed by atoms with Gasteiger partial charge in [0.2, 0.25) is 5.75 Å². The Morgan fingerprint density at radius 2 is 1.75 bits per heavy atom. The molecule has 0 bridgehead atoms. The number of nitrogens with zero attached hydrogens (tertiary/aromatic N) is 1. The average Bonchev–Trinajstić information content (AvgIpc) is 2.80. The fraction of sp³-hybridized carbons (Fsp3) is 0.0625. The highest BCUT2D eigenvalue weighted by Gasteiger charge is 2.37. The minimum atomic E-state index is -0.948. The van der Waals surface area contributed by atoms with Gasteiger partial charge in [-0.25, -0.2) is 0 Å². The Morgan fingerprint density at radius 3 is 2.38 bits per heavy atom. The molecule has 0 radical (unpaired) electrons. The maximum Gasteiger partial charge on any atom is 0.326 e. The third kappa shape index (κ3) is 2.30. The number of hydrogen-bond acceptors (Lipinski definition) is 7. The maximum atomic E-state index is 12.5. The number of aromatic hydroxyl groups is 4. The number of carbonyl (C=O) groups excluding carboxylic acids is 1. The van der Waals surface area contributed by atoms with Crippen molar-refractivity contribution in [1.82, 2.24) is 0 Å². The fourth-order valence-electron chi connectivity index (χ4n) is 2.66. The van der Waals surface area contributed by atoms with Gasteiger partial charge in [0, 0.05) is 12.0 Å². The van der Waals surface area contributed by atoms with E-state index in [0.29, 0.717) is 5.56 Å².